The van der Waals surface area contributed by atoms with Crippen molar-refractivity contribution < 1.29 is 0 Å². The smallest absolute Gasteiger partial charge is 0.0250 e. The Bertz CT molecular complexity index is 244. The zero-order valence-electron chi connectivity index (χ0n) is 12.3. The highest BCUT2D eigenvalue weighted by atomic mass is 15.2. The predicted molar refractivity (Wildman–Crippen MR) is 77.7 cm³/mol. The van der Waals surface area contributed by atoms with E-state index in [0.717, 1.165) is 5.92 Å². The fraction of sp³-hybridized carbons (Fsp3) is 1.00. The third kappa shape index (κ3) is 3.69. The number of nitrogens with two attached hydrogens (primary N) is 1. The minimum absolute atomic E-state index is 0.418. The molecule has 0 aromatic rings. The lowest BCUT2D eigenvalue weighted by Gasteiger charge is -2.41. The van der Waals surface area contributed by atoms with Gasteiger partial charge in [-0.25, -0.2) is 0 Å². The average molecular weight is 253 g/mol. The quantitative estimate of drug-likeness (QED) is 0.834. The van der Waals surface area contributed by atoms with Gasteiger partial charge in [0.15, 0.2) is 0 Å². The average Bonchev–Trinajstić information content (AvgIpc) is 2.57. The maximum atomic E-state index is 6.40. The van der Waals surface area contributed by atoms with Gasteiger partial charge < -0.3 is 10.6 Å². The van der Waals surface area contributed by atoms with Crippen LogP contribution in [0.5, 0.6) is 0 Å². The van der Waals surface area contributed by atoms with E-state index in [2.05, 4.69) is 23.8 Å². The topological polar surface area (TPSA) is 32.5 Å². The molecule has 0 spiro atoms. The van der Waals surface area contributed by atoms with Crippen molar-refractivity contribution in [2.24, 2.45) is 11.7 Å². The molecule has 2 N–H and O–H groups in total. The van der Waals surface area contributed by atoms with Gasteiger partial charge in [-0.15, -0.1) is 0 Å². The first kappa shape index (κ1) is 14.3. The van der Waals surface area contributed by atoms with Crippen molar-refractivity contribution in [2.45, 2.75) is 57.5 Å². The molecule has 2 rings (SSSR count). The number of hydrogen-bond acceptors (Lipinski definition) is 3. The van der Waals surface area contributed by atoms with Crippen molar-refractivity contribution in [3.63, 3.8) is 0 Å². The summed E-state index contributed by atoms with van der Waals surface area (Å²) in [5.74, 6) is 0.931. The fourth-order valence-corrected chi connectivity index (χ4v) is 3.74. The zero-order chi connectivity index (χ0) is 13.0. The molecule has 0 radical (unpaired) electrons. The Hall–Kier alpha value is -0.120. The molecule has 0 bridgehead atoms. The van der Waals surface area contributed by atoms with Crippen LogP contribution in [0.4, 0.5) is 0 Å². The van der Waals surface area contributed by atoms with Crippen LogP contribution in [0.15, 0.2) is 0 Å². The largest absolute Gasteiger partial charge is 0.326 e. The van der Waals surface area contributed by atoms with Crippen molar-refractivity contribution in [3.8, 4) is 0 Å². The summed E-state index contributed by atoms with van der Waals surface area (Å²) in [6, 6.07) is 1.07. The minimum Gasteiger partial charge on any atom is -0.326 e. The molecule has 3 heteroatoms. The second-order valence-electron chi connectivity index (χ2n) is 6.39. The lowest BCUT2D eigenvalue weighted by molar-refractivity contribution is 0.112. The van der Waals surface area contributed by atoms with Crippen molar-refractivity contribution in [2.75, 3.05) is 33.2 Å². The van der Waals surface area contributed by atoms with E-state index in [1.54, 1.807) is 0 Å². The lowest BCUT2D eigenvalue weighted by Crippen LogP contribution is -2.52. The zero-order valence-corrected chi connectivity index (χ0v) is 12.3. The molecule has 0 amide bonds. The molecule has 1 saturated carbocycles. The maximum Gasteiger partial charge on any atom is 0.0250 e. The van der Waals surface area contributed by atoms with Crippen LogP contribution in [-0.2, 0) is 0 Å². The Morgan fingerprint density at radius 2 is 1.94 bits per heavy atom. The third-order valence-corrected chi connectivity index (χ3v) is 4.90. The van der Waals surface area contributed by atoms with Gasteiger partial charge in [-0.05, 0) is 51.7 Å². The Morgan fingerprint density at radius 1 is 1.11 bits per heavy atom. The van der Waals surface area contributed by atoms with Crippen molar-refractivity contribution in [1.82, 2.24) is 9.80 Å². The molecule has 1 aliphatic heterocycles. The van der Waals surface area contributed by atoms with Gasteiger partial charge in [-0.3, -0.25) is 4.90 Å². The van der Waals surface area contributed by atoms with Crippen LogP contribution in [0.2, 0.25) is 0 Å². The number of likely N-dealkylation sites (N-methyl/N-ethyl adjacent to an activating group) is 1. The maximum absolute atomic E-state index is 6.40. The van der Waals surface area contributed by atoms with Gasteiger partial charge in [0.1, 0.15) is 0 Å². The summed E-state index contributed by atoms with van der Waals surface area (Å²) in [6.07, 6.45) is 7.98. The molecule has 2 aliphatic rings. The van der Waals surface area contributed by atoms with E-state index < -0.39 is 0 Å². The van der Waals surface area contributed by atoms with Gasteiger partial charge in [0, 0.05) is 25.2 Å². The molecule has 1 saturated heterocycles. The fourth-order valence-electron chi connectivity index (χ4n) is 3.74. The van der Waals surface area contributed by atoms with Gasteiger partial charge in [0.25, 0.3) is 0 Å². The molecular formula is C15H31N3. The lowest BCUT2D eigenvalue weighted by atomic mass is 9.80. The van der Waals surface area contributed by atoms with E-state index in [-0.39, 0.29) is 0 Å². The van der Waals surface area contributed by atoms with Crippen LogP contribution < -0.4 is 5.73 Å². The minimum atomic E-state index is 0.418. The first-order valence-corrected chi connectivity index (χ1v) is 7.89. The normalized spacial score (nSPS) is 36.5. The van der Waals surface area contributed by atoms with Gasteiger partial charge in [-0.1, -0.05) is 19.8 Å². The highest BCUT2D eigenvalue weighted by Gasteiger charge is 2.32. The Balaban J connectivity index is 1.91. The molecule has 3 unspecified atom stereocenters. The van der Waals surface area contributed by atoms with Crippen LogP contribution in [0, 0.1) is 5.92 Å². The van der Waals surface area contributed by atoms with Gasteiger partial charge in [-0.2, -0.15) is 0 Å². The van der Waals surface area contributed by atoms with Crippen molar-refractivity contribution >= 4 is 0 Å². The SMILES string of the molecule is CCCC1CCC(N)C(N2CCCN(C)CC2)C1. The molecule has 0 aromatic carbocycles. The molecule has 18 heavy (non-hydrogen) atoms. The van der Waals surface area contributed by atoms with Crippen LogP contribution in [-0.4, -0.2) is 55.1 Å². The summed E-state index contributed by atoms with van der Waals surface area (Å²) >= 11 is 0. The first-order chi connectivity index (χ1) is 8.70. The second-order valence-corrected chi connectivity index (χ2v) is 6.39. The Morgan fingerprint density at radius 3 is 2.72 bits per heavy atom. The van der Waals surface area contributed by atoms with Crippen LogP contribution in [0.1, 0.15) is 45.4 Å². The highest BCUT2D eigenvalue weighted by Crippen LogP contribution is 2.30. The van der Waals surface area contributed by atoms with E-state index in [4.69, 9.17) is 5.73 Å². The third-order valence-electron chi connectivity index (χ3n) is 4.90. The van der Waals surface area contributed by atoms with E-state index in [0.29, 0.717) is 12.1 Å². The molecule has 3 nitrogen and oxygen atoms in total. The van der Waals surface area contributed by atoms with E-state index in [1.807, 2.05) is 0 Å². The van der Waals surface area contributed by atoms with Crippen LogP contribution >= 0.6 is 0 Å². The molecule has 106 valence electrons. The van der Waals surface area contributed by atoms with E-state index in [1.165, 1.54) is 64.7 Å². The molecule has 1 heterocycles. The molecule has 3 atom stereocenters. The van der Waals surface area contributed by atoms with Gasteiger partial charge in [0.05, 0.1) is 0 Å². The Labute approximate surface area is 113 Å². The van der Waals surface area contributed by atoms with E-state index in [9.17, 15) is 0 Å². The van der Waals surface area contributed by atoms with Crippen LogP contribution in [0.25, 0.3) is 0 Å². The number of rotatable bonds is 3. The number of nitrogens with zero attached hydrogens (tertiary/aromatic N) is 2. The molecule has 2 fully saturated rings. The van der Waals surface area contributed by atoms with Gasteiger partial charge in [0.2, 0.25) is 0 Å². The Kier molecular flexibility index (Phi) is 5.46. The van der Waals surface area contributed by atoms with Crippen molar-refractivity contribution in [3.05, 3.63) is 0 Å². The standard InChI is InChI=1S/C15H31N3/c1-3-5-13-6-7-14(16)15(12-13)18-9-4-8-17(2)10-11-18/h13-15H,3-12,16H2,1-2H3. The van der Waals surface area contributed by atoms with Gasteiger partial charge >= 0.3 is 0 Å². The van der Waals surface area contributed by atoms with Crippen LogP contribution in [0.3, 0.4) is 0 Å². The van der Waals surface area contributed by atoms with Crippen molar-refractivity contribution in [1.29, 1.82) is 0 Å². The molecule has 0 aromatic heterocycles. The summed E-state index contributed by atoms with van der Waals surface area (Å²) < 4.78 is 0. The molecular weight excluding hydrogens is 222 g/mol. The first-order valence-electron chi connectivity index (χ1n) is 7.89. The highest BCUT2D eigenvalue weighted by molar-refractivity contribution is 4.90. The number of hydrogen-bond donors (Lipinski definition) is 1. The summed E-state index contributed by atoms with van der Waals surface area (Å²) in [5.41, 5.74) is 6.40. The predicted octanol–water partition coefficient (Wildman–Crippen LogP) is 1.92. The molecule has 1 aliphatic carbocycles. The monoisotopic (exact) mass is 253 g/mol. The van der Waals surface area contributed by atoms with E-state index >= 15 is 0 Å². The summed E-state index contributed by atoms with van der Waals surface area (Å²) in [5, 5.41) is 0. The summed E-state index contributed by atoms with van der Waals surface area (Å²) in [4.78, 5) is 5.15. The summed E-state index contributed by atoms with van der Waals surface area (Å²) in [6.45, 7) is 7.23. The second kappa shape index (κ2) is 6.88. The summed E-state index contributed by atoms with van der Waals surface area (Å²) in [7, 11) is 2.24.